The van der Waals surface area contributed by atoms with Crippen LogP contribution >= 0.6 is 0 Å². The third-order valence-corrected chi connectivity index (χ3v) is 3.68. The normalized spacial score (nSPS) is 20.6. The van der Waals surface area contributed by atoms with E-state index in [1.807, 2.05) is 0 Å². The first-order valence-electron chi connectivity index (χ1n) is 6.85. The van der Waals surface area contributed by atoms with Crippen LogP contribution in [0.3, 0.4) is 0 Å². The molecule has 1 aromatic heterocycles. The van der Waals surface area contributed by atoms with E-state index in [0.717, 1.165) is 36.0 Å². The maximum Gasteiger partial charge on any atom is 0.135 e. The van der Waals surface area contributed by atoms with E-state index in [-0.39, 0.29) is 0 Å². The third-order valence-electron chi connectivity index (χ3n) is 3.68. The summed E-state index contributed by atoms with van der Waals surface area (Å²) in [7, 11) is 0. The van der Waals surface area contributed by atoms with Gasteiger partial charge in [-0.25, -0.2) is 9.97 Å². The van der Waals surface area contributed by atoms with Crippen LogP contribution < -0.4 is 10.6 Å². The molecule has 0 amide bonds. The van der Waals surface area contributed by atoms with Crippen LogP contribution in [0.1, 0.15) is 45.5 Å². The smallest absolute Gasteiger partial charge is 0.135 e. The Labute approximate surface area is 110 Å². The van der Waals surface area contributed by atoms with Gasteiger partial charge in [-0.3, -0.25) is 0 Å². The standard InChI is InChI=1S/C14H24N4/c1-6-11-17-12(15-7-2)9(3)13(18-11)16-10-8-14(10,4)5/h10H,6-8H2,1-5H3,(H2,15,16,17,18). The number of anilines is 2. The zero-order valence-electron chi connectivity index (χ0n) is 12.1. The molecule has 4 heteroatoms. The van der Waals surface area contributed by atoms with E-state index < -0.39 is 0 Å². The Morgan fingerprint density at radius 3 is 2.33 bits per heavy atom. The molecule has 1 aliphatic rings. The molecule has 100 valence electrons. The average molecular weight is 248 g/mol. The first kappa shape index (κ1) is 13.1. The molecular formula is C14H24N4. The van der Waals surface area contributed by atoms with Crippen molar-refractivity contribution in [2.45, 2.75) is 53.5 Å². The molecule has 0 aromatic carbocycles. The molecule has 0 spiro atoms. The first-order chi connectivity index (χ1) is 8.47. The fraction of sp³-hybridized carbons (Fsp3) is 0.714. The van der Waals surface area contributed by atoms with Gasteiger partial charge in [0.1, 0.15) is 17.5 Å². The summed E-state index contributed by atoms with van der Waals surface area (Å²) in [6.07, 6.45) is 2.08. The molecule has 0 radical (unpaired) electrons. The molecule has 1 aliphatic carbocycles. The fourth-order valence-corrected chi connectivity index (χ4v) is 2.08. The van der Waals surface area contributed by atoms with E-state index >= 15 is 0 Å². The molecule has 0 bridgehead atoms. The fourth-order valence-electron chi connectivity index (χ4n) is 2.08. The molecule has 1 unspecified atom stereocenters. The van der Waals surface area contributed by atoms with Crippen molar-refractivity contribution in [2.75, 3.05) is 17.2 Å². The second-order valence-corrected chi connectivity index (χ2v) is 5.74. The van der Waals surface area contributed by atoms with Gasteiger partial charge in [-0.1, -0.05) is 20.8 Å². The number of aromatic nitrogens is 2. The van der Waals surface area contributed by atoms with E-state index in [1.165, 1.54) is 6.42 Å². The van der Waals surface area contributed by atoms with Crippen molar-refractivity contribution in [1.29, 1.82) is 0 Å². The number of aryl methyl sites for hydroxylation is 1. The zero-order valence-corrected chi connectivity index (χ0v) is 12.1. The summed E-state index contributed by atoms with van der Waals surface area (Å²) >= 11 is 0. The molecule has 2 rings (SSSR count). The van der Waals surface area contributed by atoms with Crippen LogP contribution in [0.5, 0.6) is 0 Å². The van der Waals surface area contributed by atoms with Gasteiger partial charge >= 0.3 is 0 Å². The summed E-state index contributed by atoms with van der Waals surface area (Å²) in [5.74, 6) is 2.86. The molecule has 1 fully saturated rings. The Bertz CT molecular complexity index is 440. The van der Waals surface area contributed by atoms with E-state index in [0.29, 0.717) is 11.5 Å². The Kier molecular flexibility index (Phi) is 3.46. The summed E-state index contributed by atoms with van der Waals surface area (Å²) in [5, 5.41) is 6.87. The predicted octanol–water partition coefficient (Wildman–Crippen LogP) is 2.99. The lowest BCUT2D eigenvalue weighted by Gasteiger charge is -2.15. The molecule has 2 N–H and O–H groups in total. The molecular weight excluding hydrogens is 224 g/mol. The summed E-state index contributed by atoms with van der Waals surface area (Å²) in [5.41, 5.74) is 1.53. The summed E-state index contributed by atoms with van der Waals surface area (Å²) in [6, 6.07) is 0.547. The third kappa shape index (κ3) is 2.57. The molecule has 18 heavy (non-hydrogen) atoms. The Morgan fingerprint density at radius 1 is 1.22 bits per heavy atom. The molecule has 1 heterocycles. The van der Waals surface area contributed by atoms with E-state index in [1.54, 1.807) is 0 Å². The molecule has 1 saturated carbocycles. The van der Waals surface area contributed by atoms with Crippen molar-refractivity contribution in [3.05, 3.63) is 11.4 Å². The lowest BCUT2D eigenvalue weighted by atomic mass is 10.2. The summed E-state index contributed by atoms with van der Waals surface area (Å²) in [4.78, 5) is 9.16. The van der Waals surface area contributed by atoms with Gasteiger partial charge in [0.15, 0.2) is 0 Å². The molecule has 0 saturated heterocycles. The average Bonchev–Trinajstić information content (AvgIpc) is 2.91. The number of nitrogens with one attached hydrogen (secondary N) is 2. The number of rotatable bonds is 5. The lowest BCUT2D eigenvalue weighted by molar-refractivity contribution is 0.629. The van der Waals surface area contributed by atoms with Crippen LogP contribution in [-0.2, 0) is 6.42 Å². The monoisotopic (exact) mass is 248 g/mol. The highest BCUT2D eigenvalue weighted by molar-refractivity contribution is 5.58. The van der Waals surface area contributed by atoms with Crippen molar-refractivity contribution in [1.82, 2.24) is 9.97 Å². The predicted molar refractivity (Wildman–Crippen MR) is 76.1 cm³/mol. The van der Waals surface area contributed by atoms with Crippen LogP contribution in [0.4, 0.5) is 11.6 Å². The minimum atomic E-state index is 0.405. The van der Waals surface area contributed by atoms with Crippen molar-refractivity contribution < 1.29 is 0 Å². The highest BCUT2D eigenvalue weighted by Gasteiger charge is 2.46. The number of hydrogen-bond acceptors (Lipinski definition) is 4. The van der Waals surface area contributed by atoms with Crippen LogP contribution in [0.2, 0.25) is 0 Å². The highest BCUT2D eigenvalue weighted by Crippen LogP contribution is 2.46. The molecule has 0 aliphatic heterocycles. The van der Waals surface area contributed by atoms with Crippen LogP contribution in [-0.4, -0.2) is 22.6 Å². The quantitative estimate of drug-likeness (QED) is 0.841. The van der Waals surface area contributed by atoms with E-state index in [9.17, 15) is 0 Å². The second-order valence-electron chi connectivity index (χ2n) is 5.74. The SMILES string of the molecule is CCNc1nc(CC)nc(NC2CC2(C)C)c1C. The summed E-state index contributed by atoms with van der Waals surface area (Å²) < 4.78 is 0. The van der Waals surface area contributed by atoms with Gasteiger partial charge in [-0.15, -0.1) is 0 Å². The van der Waals surface area contributed by atoms with Crippen LogP contribution in [0, 0.1) is 12.3 Å². The lowest BCUT2D eigenvalue weighted by Crippen LogP contribution is -2.14. The maximum atomic E-state index is 4.62. The van der Waals surface area contributed by atoms with Gasteiger partial charge in [0.25, 0.3) is 0 Å². The van der Waals surface area contributed by atoms with Crippen molar-refractivity contribution >= 4 is 11.6 Å². The number of hydrogen-bond donors (Lipinski definition) is 2. The maximum absolute atomic E-state index is 4.62. The topological polar surface area (TPSA) is 49.8 Å². The molecule has 1 atom stereocenters. The Balaban J connectivity index is 2.25. The van der Waals surface area contributed by atoms with Crippen molar-refractivity contribution in [2.24, 2.45) is 5.41 Å². The highest BCUT2D eigenvalue weighted by atomic mass is 15.1. The largest absolute Gasteiger partial charge is 0.370 e. The molecule has 1 aromatic rings. The second kappa shape index (κ2) is 4.75. The van der Waals surface area contributed by atoms with Crippen LogP contribution in [0.15, 0.2) is 0 Å². The Morgan fingerprint density at radius 2 is 1.83 bits per heavy atom. The van der Waals surface area contributed by atoms with E-state index in [4.69, 9.17) is 0 Å². The van der Waals surface area contributed by atoms with Gasteiger partial charge in [0.2, 0.25) is 0 Å². The van der Waals surface area contributed by atoms with Crippen molar-refractivity contribution in [3.63, 3.8) is 0 Å². The van der Waals surface area contributed by atoms with Crippen molar-refractivity contribution in [3.8, 4) is 0 Å². The van der Waals surface area contributed by atoms with Gasteiger partial charge in [-0.2, -0.15) is 0 Å². The Hall–Kier alpha value is -1.32. The van der Waals surface area contributed by atoms with Crippen LogP contribution in [0.25, 0.3) is 0 Å². The van der Waals surface area contributed by atoms with Gasteiger partial charge < -0.3 is 10.6 Å². The zero-order chi connectivity index (χ0) is 13.3. The summed E-state index contributed by atoms with van der Waals surface area (Å²) in [6.45, 7) is 11.7. The van der Waals surface area contributed by atoms with Gasteiger partial charge in [0, 0.05) is 24.6 Å². The number of nitrogens with zero attached hydrogens (tertiary/aromatic N) is 2. The molecule has 4 nitrogen and oxygen atoms in total. The minimum Gasteiger partial charge on any atom is -0.370 e. The van der Waals surface area contributed by atoms with Gasteiger partial charge in [-0.05, 0) is 25.7 Å². The van der Waals surface area contributed by atoms with E-state index in [2.05, 4.69) is 55.2 Å². The first-order valence-corrected chi connectivity index (χ1v) is 6.85. The van der Waals surface area contributed by atoms with Gasteiger partial charge in [0.05, 0.1) is 0 Å². The minimum absolute atomic E-state index is 0.405.